The van der Waals surface area contributed by atoms with Crippen LogP contribution in [0.2, 0.25) is 19.6 Å². The van der Waals surface area contributed by atoms with Crippen molar-refractivity contribution in [2.75, 3.05) is 0 Å². The molecule has 5 heteroatoms. The van der Waals surface area contributed by atoms with E-state index in [0.29, 0.717) is 5.92 Å². The van der Waals surface area contributed by atoms with E-state index in [1.165, 1.54) is 97.3 Å². The molecule has 0 saturated heterocycles. The van der Waals surface area contributed by atoms with E-state index in [4.69, 9.17) is 4.98 Å². The van der Waals surface area contributed by atoms with E-state index in [0.717, 1.165) is 28.4 Å². The van der Waals surface area contributed by atoms with Crippen LogP contribution in [0.15, 0.2) is 103 Å². The van der Waals surface area contributed by atoms with E-state index in [9.17, 15) is 0 Å². The third kappa shape index (κ3) is 8.87. The van der Waals surface area contributed by atoms with E-state index in [1.807, 2.05) is 35.7 Å². The van der Waals surface area contributed by atoms with Crippen LogP contribution < -0.4 is 5.19 Å². The maximum Gasteiger partial charge on any atom is 0.0799 e. The first-order valence-electron chi connectivity index (χ1n) is 19.4. The maximum atomic E-state index is 4.75. The van der Waals surface area contributed by atoms with Gasteiger partial charge in [-0.2, -0.15) is 11.3 Å². The number of hydrogen-bond donors (Lipinski definition) is 0. The molecule has 1 aliphatic carbocycles. The predicted octanol–water partition coefficient (Wildman–Crippen LogP) is 13.5. The zero-order valence-electron chi connectivity index (χ0n) is 32.8. The predicted molar refractivity (Wildman–Crippen MR) is 232 cm³/mol. The molecule has 0 spiro atoms. The molecule has 1 saturated carbocycles. The molecule has 0 bridgehead atoms. The zero-order chi connectivity index (χ0) is 37.1. The summed E-state index contributed by atoms with van der Waals surface area (Å²) in [4.78, 5) is 9.41. The monoisotopic (exact) mass is 921 g/mol. The van der Waals surface area contributed by atoms with Crippen molar-refractivity contribution < 1.29 is 20.1 Å². The molecule has 1 fully saturated rings. The fourth-order valence-electron chi connectivity index (χ4n) is 7.93. The van der Waals surface area contributed by atoms with E-state index in [2.05, 4.69) is 143 Å². The topological polar surface area (TPSA) is 25.8 Å². The minimum atomic E-state index is -1.34. The molecule has 7 aromatic rings. The molecule has 2 nitrogen and oxygen atoms in total. The Bertz CT molecular complexity index is 2350. The summed E-state index contributed by atoms with van der Waals surface area (Å²) in [5, 5.41) is 4.14. The van der Waals surface area contributed by atoms with Crippen molar-refractivity contribution in [2.24, 2.45) is 5.92 Å². The largest absolute Gasteiger partial charge is 0.305 e. The van der Waals surface area contributed by atoms with Gasteiger partial charge in [-0.25, -0.2) is 0 Å². The molecule has 1 aliphatic rings. The molecule has 0 atom stereocenters. The van der Waals surface area contributed by atoms with Crippen LogP contribution in [0.3, 0.4) is 0 Å². The van der Waals surface area contributed by atoms with Crippen LogP contribution in [-0.2, 0) is 26.5 Å². The second-order valence-electron chi connectivity index (χ2n) is 16.2. The summed E-state index contributed by atoms with van der Waals surface area (Å²) < 4.78 is 2.62. The van der Waals surface area contributed by atoms with Crippen LogP contribution in [0.25, 0.3) is 53.8 Å². The Morgan fingerprint density at radius 1 is 0.778 bits per heavy atom. The number of rotatable bonds is 7. The van der Waals surface area contributed by atoms with E-state index in [1.54, 1.807) is 0 Å². The molecule has 279 valence electrons. The second kappa shape index (κ2) is 17.4. The van der Waals surface area contributed by atoms with Crippen LogP contribution in [0.5, 0.6) is 0 Å². The number of aromatic nitrogens is 2. The van der Waals surface area contributed by atoms with Gasteiger partial charge in [-0.05, 0) is 93.2 Å². The van der Waals surface area contributed by atoms with Crippen LogP contribution in [0.1, 0.15) is 74.1 Å². The number of hydrogen-bond acceptors (Lipinski definition) is 3. The van der Waals surface area contributed by atoms with Gasteiger partial charge in [-0.3, -0.25) is 0 Å². The van der Waals surface area contributed by atoms with Gasteiger partial charge in [0.2, 0.25) is 0 Å². The minimum absolute atomic E-state index is 0. The third-order valence-electron chi connectivity index (χ3n) is 11.0. The van der Waals surface area contributed by atoms with Gasteiger partial charge in [0.05, 0.1) is 8.07 Å². The summed E-state index contributed by atoms with van der Waals surface area (Å²) in [5.41, 5.74) is 12.4. The number of pyridine rings is 2. The first kappa shape index (κ1) is 39.9. The molecule has 4 aromatic carbocycles. The van der Waals surface area contributed by atoms with Crippen LogP contribution in [-0.4, -0.2) is 18.0 Å². The summed E-state index contributed by atoms with van der Waals surface area (Å²) in [6, 6.07) is 39.4. The summed E-state index contributed by atoms with van der Waals surface area (Å²) in [6.07, 6.45) is 12.2. The molecular weight excluding hydrogens is 869 g/mol. The fourth-order valence-corrected chi connectivity index (χ4v) is 10.7. The standard InChI is InChI=1S/C32H30NS.C17H22NSi.Ir/c1-21-8-6-11-26(22(21)2)27-12-7-13-31-32(27)28-20-25(14-15-30(28)34-31)29-19-24(16-17-33-29)18-23-9-4-3-5-10-23;1-13(2)15-11-16(14-9-7-6-8-10-14)18-12-17(15)19(3,4)5;/h6-8,11-13,15-17,19-20,23H,3-5,9-10,18H2,1-2H3;6-9,11-13H,1-5H3;/q2*-1;. The Morgan fingerprint density at radius 2 is 1.54 bits per heavy atom. The molecule has 8 rings (SSSR count). The van der Waals surface area contributed by atoms with Gasteiger partial charge >= 0.3 is 0 Å². The molecular formula is C49H52IrN2SSi-2. The smallest absolute Gasteiger partial charge is 0.0799 e. The Labute approximate surface area is 341 Å². The van der Waals surface area contributed by atoms with Gasteiger partial charge in [0.15, 0.2) is 0 Å². The van der Waals surface area contributed by atoms with Crippen molar-refractivity contribution in [2.45, 2.75) is 91.8 Å². The van der Waals surface area contributed by atoms with Crippen molar-refractivity contribution in [1.82, 2.24) is 9.97 Å². The number of nitrogens with zero attached hydrogens (tertiary/aromatic N) is 2. The Balaban J connectivity index is 0.000000213. The molecule has 3 aromatic heterocycles. The van der Waals surface area contributed by atoms with Crippen molar-refractivity contribution >= 4 is 44.8 Å². The van der Waals surface area contributed by atoms with Crippen LogP contribution in [0.4, 0.5) is 0 Å². The van der Waals surface area contributed by atoms with E-state index >= 15 is 0 Å². The molecule has 3 heterocycles. The normalized spacial score (nSPS) is 13.5. The maximum absolute atomic E-state index is 4.75. The van der Waals surface area contributed by atoms with Crippen molar-refractivity contribution in [1.29, 1.82) is 0 Å². The second-order valence-corrected chi connectivity index (χ2v) is 22.4. The number of fused-ring (bicyclic) bond motifs is 3. The van der Waals surface area contributed by atoms with Gasteiger partial charge in [0.25, 0.3) is 0 Å². The van der Waals surface area contributed by atoms with E-state index < -0.39 is 8.07 Å². The van der Waals surface area contributed by atoms with Crippen LogP contribution in [0, 0.1) is 31.9 Å². The third-order valence-corrected chi connectivity index (χ3v) is 14.2. The number of thiophene rings is 1. The molecule has 1 radical (unpaired) electrons. The Kier molecular flexibility index (Phi) is 12.9. The van der Waals surface area contributed by atoms with E-state index in [-0.39, 0.29) is 20.1 Å². The first-order chi connectivity index (χ1) is 25.6. The summed E-state index contributed by atoms with van der Waals surface area (Å²) in [6.45, 7) is 16.1. The van der Waals surface area contributed by atoms with Gasteiger partial charge in [-0.1, -0.05) is 125 Å². The number of benzene rings is 4. The molecule has 0 unspecified atom stereocenters. The summed E-state index contributed by atoms with van der Waals surface area (Å²) >= 11 is 1.86. The Morgan fingerprint density at radius 3 is 2.28 bits per heavy atom. The van der Waals surface area contributed by atoms with Crippen molar-refractivity contribution in [3.8, 4) is 33.6 Å². The van der Waals surface area contributed by atoms with Gasteiger partial charge in [-0.15, -0.1) is 59.7 Å². The zero-order valence-corrected chi connectivity index (χ0v) is 37.1. The molecule has 0 aliphatic heterocycles. The van der Waals surface area contributed by atoms with Gasteiger partial charge in [0, 0.05) is 37.2 Å². The molecule has 54 heavy (non-hydrogen) atoms. The fraction of sp³-hybridized carbons (Fsp3) is 0.306. The van der Waals surface area contributed by atoms with Gasteiger partial charge in [0.1, 0.15) is 0 Å². The Hall–Kier alpha value is -3.73. The summed E-state index contributed by atoms with van der Waals surface area (Å²) in [7, 11) is -1.34. The number of aryl methyl sites for hydroxylation is 1. The minimum Gasteiger partial charge on any atom is -0.305 e. The molecule has 0 amide bonds. The van der Waals surface area contributed by atoms with Crippen LogP contribution >= 0.6 is 11.3 Å². The first-order valence-corrected chi connectivity index (χ1v) is 23.7. The average Bonchev–Trinajstić information content (AvgIpc) is 3.55. The average molecular weight is 921 g/mol. The van der Waals surface area contributed by atoms with Crippen molar-refractivity contribution in [3.05, 3.63) is 138 Å². The SMILES string of the molecule is CC(C)c1cc(-c2[c-]cccc2)ncc1[Si](C)(C)C.Cc1cccc(-c2cccc3sc4c[c-]c(-c5cc(CC6CCCCC6)ccn5)cc4c23)c1C.[Ir]. The molecule has 0 N–H and O–H groups in total. The summed E-state index contributed by atoms with van der Waals surface area (Å²) in [5.74, 6) is 1.36. The van der Waals surface area contributed by atoms with Crippen molar-refractivity contribution in [3.63, 3.8) is 0 Å². The quantitative estimate of drug-likeness (QED) is 0.118. The van der Waals surface area contributed by atoms with Gasteiger partial charge < -0.3 is 9.97 Å².